The van der Waals surface area contributed by atoms with Crippen LogP contribution in [-0.2, 0) is 6.54 Å². The number of hydrogen-bond acceptors (Lipinski definition) is 4. The highest BCUT2D eigenvalue weighted by Gasteiger charge is 2.23. The van der Waals surface area contributed by atoms with Gasteiger partial charge in [-0.25, -0.2) is 0 Å². The fourth-order valence-corrected chi connectivity index (χ4v) is 2.43. The minimum Gasteiger partial charge on any atom is -0.343 e. The molecular weight excluding hydrogens is 420 g/mol. The zero-order valence-corrected chi connectivity index (χ0v) is 15.3. The second-order valence-electron chi connectivity index (χ2n) is 4.58. The number of halogens is 2. The van der Waals surface area contributed by atoms with Gasteiger partial charge in [-0.15, -0.1) is 0 Å². The van der Waals surface area contributed by atoms with Gasteiger partial charge in [0.05, 0.1) is 16.4 Å². The van der Waals surface area contributed by atoms with Crippen molar-refractivity contribution in [2.24, 2.45) is 0 Å². The summed E-state index contributed by atoms with van der Waals surface area (Å²) in [6, 6.07) is 0. The fraction of sp³-hybridized carbons (Fsp3) is 0.333. The van der Waals surface area contributed by atoms with E-state index in [0.717, 1.165) is 0 Å². The molecule has 0 aliphatic carbocycles. The topological polar surface area (TPSA) is 95.9 Å². The SMILES string of the molecule is CCn1ncc(NC(=O)c2n[nH]c(Br)c2Br)c1C(=O)N(C)C. The predicted molar refractivity (Wildman–Crippen MR) is 87.9 cm³/mol. The van der Waals surface area contributed by atoms with Crippen LogP contribution < -0.4 is 5.32 Å². The molecule has 0 unspecified atom stereocenters. The maximum Gasteiger partial charge on any atom is 0.277 e. The number of carbonyl (C=O) groups is 2. The van der Waals surface area contributed by atoms with Crippen LogP contribution in [0.5, 0.6) is 0 Å². The number of carbonyl (C=O) groups excluding carboxylic acids is 2. The second kappa shape index (κ2) is 6.61. The number of anilines is 1. The summed E-state index contributed by atoms with van der Waals surface area (Å²) in [6.07, 6.45) is 1.45. The molecule has 0 saturated carbocycles. The van der Waals surface area contributed by atoms with Crippen LogP contribution in [0.3, 0.4) is 0 Å². The third-order valence-electron chi connectivity index (χ3n) is 2.88. The number of nitrogens with zero attached hydrogens (tertiary/aromatic N) is 4. The molecule has 2 rings (SSSR count). The molecule has 2 aromatic rings. The van der Waals surface area contributed by atoms with Crippen molar-refractivity contribution in [1.82, 2.24) is 24.9 Å². The summed E-state index contributed by atoms with van der Waals surface area (Å²) in [4.78, 5) is 26.0. The Morgan fingerprint density at radius 2 is 2.09 bits per heavy atom. The number of aromatic nitrogens is 4. The molecular formula is C12H14Br2N6O2. The van der Waals surface area contributed by atoms with Crippen LogP contribution >= 0.6 is 31.9 Å². The van der Waals surface area contributed by atoms with E-state index in [0.29, 0.717) is 27.0 Å². The molecule has 10 heteroatoms. The molecule has 2 amide bonds. The minimum atomic E-state index is -0.447. The molecule has 0 aliphatic rings. The average molecular weight is 434 g/mol. The van der Waals surface area contributed by atoms with Gasteiger partial charge in [0.2, 0.25) is 0 Å². The van der Waals surface area contributed by atoms with E-state index in [1.54, 1.807) is 14.1 Å². The molecule has 0 atom stereocenters. The van der Waals surface area contributed by atoms with Crippen molar-refractivity contribution in [3.8, 4) is 0 Å². The first kappa shape index (κ1) is 16.7. The Bertz CT molecular complexity index is 721. The number of aryl methyl sites for hydroxylation is 1. The molecule has 0 radical (unpaired) electrons. The maximum absolute atomic E-state index is 12.3. The van der Waals surface area contributed by atoms with Gasteiger partial charge in [-0.3, -0.25) is 19.4 Å². The van der Waals surface area contributed by atoms with E-state index in [-0.39, 0.29) is 11.6 Å². The first-order valence-electron chi connectivity index (χ1n) is 6.35. The molecule has 0 bridgehead atoms. The number of hydrogen-bond donors (Lipinski definition) is 2. The van der Waals surface area contributed by atoms with Crippen LogP contribution in [0.4, 0.5) is 5.69 Å². The first-order chi connectivity index (χ1) is 10.4. The van der Waals surface area contributed by atoms with Crippen molar-refractivity contribution in [3.05, 3.63) is 26.7 Å². The average Bonchev–Trinajstić information content (AvgIpc) is 3.02. The monoisotopic (exact) mass is 432 g/mol. The van der Waals surface area contributed by atoms with Crippen LogP contribution in [0.2, 0.25) is 0 Å². The van der Waals surface area contributed by atoms with Gasteiger partial charge in [0.1, 0.15) is 10.3 Å². The number of H-pyrrole nitrogens is 1. The number of aromatic amines is 1. The van der Waals surface area contributed by atoms with Gasteiger partial charge in [0.15, 0.2) is 5.69 Å². The van der Waals surface area contributed by atoms with Crippen molar-refractivity contribution >= 4 is 49.4 Å². The molecule has 0 aromatic carbocycles. The van der Waals surface area contributed by atoms with Gasteiger partial charge in [0.25, 0.3) is 11.8 Å². The summed E-state index contributed by atoms with van der Waals surface area (Å²) in [5, 5.41) is 13.3. The Morgan fingerprint density at radius 3 is 2.59 bits per heavy atom. The Kier molecular flexibility index (Phi) is 5.01. The second-order valence-corrected chi connectivity index (χ2v) is 6.16. The Balaban J connectivity index is 2.34. The smallest absolute Gasteiger partial charge is 0.277 e. The van der Waals surface area contributed by atoms with Crippen molar-refractivity contribution in [2.75, 3.05) is 19.4 Å². The van der Waals surface area contributed by atoms with Gasteiger partial charge in [0, 0.05) is 20.6 Å². The summed E-state index contributed by atoms with van der Waals surface area (Å²) in [5.41, 5.74) is 0.850. The van der Waals surface area contributed by atoms with Gasteiger partial charge < -0.3 is 10.2 Å². The largest absolute Gasteiger partial charge is 0.343 e. The summed E-state index contributed by atoms with van der Waals surface area (Å²) < 4.78 is 2.60. The molecule has 2 N–H and O–H groups in total. The van der Waals surface area contributed by atoms with Gasteiger partial charge >= 0.3 is 0 Å². The van der Waals surface area contributed by atoms with Gasteiger partial charge in [-0.1, -0.05) is 0 Å². The zero-order chi connectivity index (χ0) is 16.4. The van der Waals surface area contributed by atoms with E-state index < -0.39 is 5.91 Å². The quantitative estimate of drug-likeness (QED) is 0.771. The van der Waals surface area contributed by atoms with Crippen molar-refractivity contribution in [1.29, 1.82) is 0 Å². The highest BCUT2D eigenvalue weighted by Crippen LogP contribution is 2.25. The standard InChI is InChI=1S/C12H14Br2N6O2/c1-4-20-9(12(22)19(2)3)6(5-15-20)16-11(21)8-7(13)10(14)18-17-8/h5H,4H2,1-3H3,(H,16,21)(H,17,18). The van der Waals surface area contributed by atoms with Crippen molar-refractivity contribution < 1.29 is 9.59 Å². The van der Waals surface area contributed by atoms with E-state index in [4.69, 9.17) is 0 Å². The lowest BCUT2D eigenvalue weighted by atomic mass is 10.3. The summed E-state index contributed by atoms with van der Waals surface area (Å²) in [6.45, 7) is 2.38. The fourth-order valence-electron chi connectivity index (χ4n) is 1.79. The molecule has 118 valence electrons. The Morgan fingerprint density at radius 1 is 1.41 bits per heavy atom. The first-order valence-corrected chi connectivity index (χ1v) is 7.93. The predicted octanol–water partition coefficient (Wildman–Crippen LogP) is 2.11. The molecule has 2 aromatic heterocycles. The Hall–Kier alpha value is -1.68. The number of nitrogens with one attached hydrogen (secondary N) is 2. The highest BCUT2D eigenvalue weighted by atomic mass is 79.9. The molecule has 0 saturated heterocycles. The molecule has 0 fully saturated rings. The lowest BCUT2D eigenvalue weighted by molar-refractivity contribution is 0.0816. The van der Waals surface area contributed by atoms with Crippen LogP contribution in [0, 0.1) is 0 Å². The maximum atomic E-state index is 12.3. The van der Waals surface area contributed by atoms with Crippen LogP contribution in [0.15, 0.2) is 15.3 Å². The van der Waals surface area contributed by atoms with Crippen LogP contribution in [-0.4, -0.2) is 50.8 Å². The highest BCUT2D eigenvalue weighted by molar-refractivity contribution is 9.13. The van der Waals surface area contributed by atoms with Crippen LogP contribution in [0.1, 0.15) is 27.9 Å². The van der Waals surface area contributed by atoms with Gasteiger partial charge in [-0.2, -0.15) is 10.2 Å². The lowest BCUT2D eigenvalue weighted by Crippen LogP contribution is -2.26. The third kappa shape index (κ3) is 3.07. The Labute approximate surface area is 143 Å². The molecule has 2 heterocycles. The van der Waals surface area contributed by atoms with E-state index >= 15 is 0 Å². The summed E-state index contributed by atoms with van der Waals surface area (Å²) in [7, 11) is 3.28. The number of rotatable bonds is 4. The summed E-state index contributed by atoms with van der Waals surface area (Å²) >= 11 is 6.48. The van der Waals surface area contributed by atoms with E-state index in [2.05, 4.69) is 52.5 Å². The normalized spacial score (nSPS) is 10.6. The van der Waals surface area contributed by atoms with E-state index in [1.165, 1.54) is 15.8 Å². The lowest BCUT2D eigenvalue weighted by Gasteiger charge is -2.13. The molecule has 0 spiro atoms. The number of amides is 2. The van der Waals surface area contributed by atoms with E-state index in [9.17, 15) is 9.59 Å². The van der Waals surface area contributed by atoms with Gasteiger partial charge in [-0.05, 0) is 38.8 Å². The van der Waals surface area contributed by atoms with Crippen molar-refractivity contribution in [2.45, 2.75) is 13.5 Å². The van der Waals surface area contributed by atoms with Crippen molar-refractivity contribution in [3.63, 3.8) is 0 Å². The van der Waals surface area contributed by atoms with E-state index in [1.807, 2.05) is 6.92 Å². The molecule has 8 nitrogen and oxygen atoms in total. The third-order valence-corrected chi connectivity index (χ3v) is 4.76. The summed E-state index contributed by atoms with van der Waals surface area (Å²) in [5.74, 6) is -0.686. The zero-order valence-electron chi connectivity index (χ0n) is 12.1. The van der Waals surface area contributed by atoms with Crippen LogP contribution in [0.25, 0.3) is 0 Å². The molecule has 22 heavy (non-hydrogen) atoms. The molecule has 0 aliphatic heterocycles. The minimum absolute atomic E-state index is 0.180.